The van der Waals surface area contributed by atoms with Gasteiger partial charge in [0.05, 0.1) is 145 Å². The van der Waals surface area contributed by atoms with E-state index in [0.29, 0.717) is 145 Å². The molecule has 386 valence electrons. The van der Waals surface area contributed by atoms with Crippen LogP contribution in [-0.2, 0) is 56.8 Å². The third-order valence-electron chi connectivity index (χ3n) is 10.9. The molecule has 0 aromatic heterocycles. The summed E-state index contributed by atoms with van der Waals surface area (Å²) in [6.45, 7) is 18.5. The van der Waals surface area contributed by atoms with Crippen LogP contribution in [0, 0.1) is 0 Å². The first-order chi connectivity index (χ1) is 31.9. The first-order valence-electron chi connectivity index (χ1n) is 26.8. The lowest BCUT2D eigenvalue weighted by atomic mass is 10.0. The highest BCUT2D eigenvalue weighted by Crippen LogP contribution is 2.14. The maximum atomic E-state index is 5.69. The van der Waals surface area contributed by atoms with E-state index in [4.69, 9.17) is 56.8 Å². The molecular formula is C52H106O12. The van der Waals surface area contributed by atoms with Crippen molar-refractivity contribution in [3.05, 3.63) is 0 Å². The van der Waals surface area contributed by atoms with Gasteiger partial charge in [0.2, 0.25) is 0 Å². The molecule has 0 N–H and O–H groups in total. The Morgan fingerprint density at radius 2 is 0.234 bits per heavy atom. The summed E-state index contributed by atoms with van der Waals surface area (Å²) in [5.41, 5.74) is 0. The molecular weight excluding hydrogens is 817 g/mol. The summed E-state index contributed by atoms with van der Waals surface area (Å²) < 4.78 is 66.9. The second-order valence-electron chi connectivity index (χ2n) is 16.8. The van der Waals surface area contributed by atoms with Crippen molar-refractivity contribution in [2.24, 2.45) is 0 Å². The van der Waals surface area contributed by atoms with Crippen LogP contribution in [0.25, 0.3) is 0 Å². The van der Waals surface area contributed by atoms with Gasteiger partial charge in [-0.1, -0.05) is 168 Å². The summed E-state index contributed by atoms with van der Waals surface area (Å²) in [4.78, 5) is 0. The van der Waals surface area contributed by atoms with Crippen LogP contribution in [0.1, 0.15) is 181 Å². The quantitative estimate of drug-likeness (QED) is 0.0542. The van der Waals surface area contributed by atoms with Crippen molar-refractivity contribution in [2.75, 3.05) is 159 Å². The Morgan fingerprint density at radius 1 is 0.125 bits per heavy atom. The molecule has 0 aromatic rings. The maximum Gasteiger partial charge on any atom is 0.0701 e. The predicted molar refractivity (Wildman–Crippen MR) is 261 cm³/mol. The van der Waals surface area contributed by atoms with E-state index in [0.717, 1.165) is 26.1 Å². The Morgan fingerprint density at radius 3 is 0.375 bits per heavy atom. The number of hydrogen-bond donors (Lipinski definition) is 0. The van der Waals surface area contributed by atoms with E-state index < -0.39 is 0 Å². The first-order valence-corrected chi connectivity index (χ1v) is 26.8. The molecule has 0 aliphatic carbocycles. The fourth-order valence-electron chi connectivity index (χ4n) is 6.96. The van der Waals surface area contributed by atoms with Gasteiger partial charge in [-0.15, -0.1) is 0 Å². The zero-order chi connectivity index (χ0) is 45.8. The fourth-order valence-corrected chi connectivity index (χ4v) is 6.96. The van der Waals surface area contributed by atoms with E-state index >= 15 is 0 Å². The number of rotatable bonds is 61. The van der Waals surface area contributed by atoms with E-state index in [1.807, 2.05) is 0 Å². The molecule has 0 unspecified atom stereocenters. The zero-order valence-corrected chi connectivity index (χ0v) is 42.3. The van der Waals surface area contributed by atoms with E-state index in [2.05, 4.69) is 13.8 Å². The minimum atomic E-state index is 0.523. The fraction of sp³-hybridized carbons (Fsp3) is 1.00. The number of ether oxygens (including phenoxy) is 12. The summed E-state index contributed by atoms with van der Waals surface area (Å²) in [5.74, 6) is 0. The van der Waals surface area contributed by atoms with Crippen molar-refractivity contribution in [3.8, 4) is 0 Å². The molecule has 0 aliphatic rings. The molecule has 0 atom stereocenters. The van der Waals surface area contributed by atoms with Crippen LogP contribution in [0.4, 0.5) is 0 Å². The Bertz CT molecular complexity index is 721. The topological polar surface area (TPSA) is 111 Å². The van der Waals surface area contributed by atoms with Gasteiger partial charge in [-0.25, -0.2) is 0 Å². The second-order valence-corrected chi connectivity index (χ2v) is 16.8. The highest BCUT2D eigenvalue weighted by atomic mass is 16.6. The second kappa shape index (κ2) is 62.5. The van der Waals surface area contributed by atoms with Gasteiger partial charge in [-0.3, -0.25) is 0 Å². The van der Waals surface area contributed by atoms with Crippen molar-refractivity contribution in [1.82, 2.24) is 0 Å². The number of unbranched alkanes of at least 4 members (excludes halogenated alkanes) is 24. The van der Waals surface area contributed by atoms with Crippen LogP contribution in [0.15, 0.2) is 0 Å². The van der Waals surface area contributed by atoms with Gasteiger partial charge in [0.25, 0.3) is 0 Å². The molecule has 0 fully saturated rings. The van der Waals surface area contributed by atoms with Crippen LogP contribution in [0.5, 0.6) is 0 Å². The van der Waals surface area contributed by atoms with Gasteiger partial charge >= 0.3 is 0 Å². The Labute approximate surface area is 395 Å². The van der Waals surface area contributed by atoms with Gasteiger partial charge in [0.1, 0.15) is 0 Å². The summed E-state index contributed by atoms with van der Waals surface area (Å²) >= 11 is 0. The van der Waals surface area contributed by atoms with Crippen molar-refractivity contribution in [2.45, 2.75) is 181 Å². The molecule has 12 nitrogen and oxygen atoms in total. The third kappa shape index (κ3) is 61.5. The largest absolute Gasteiger partial charge is 0.379 e. The Hall–Kier alpha value is -0.480. The average molecular weight is 923 g/mol. The molecule has 0 saturated heterocycles. The highest BCUT2D eigenvalue weighted by Gasteiger charge is 1.99. The van der Waals surface area contributed by atoms with Crippen LogP contribution < -0.4 is 0 Å². The van der Waals surface area contributed by atoms with Crippen LogP contribution in [-0.4, -0.2) is 159 Å². The first kappa shape index (κ1) is 63.5. The van der Waals surface area contributed by atoms with Crippen LogP contribution in [0.3, 0.4) is 0 Å². The summed E-state index contributed by atoms with van der Waals surface area (Å²) in [6, 6.07) is 0. The molecule has 0 aromatic carbocycles. The molecule has 0 amide bonds. The molecule has 0 saturated carbocycles. The molecule has 0 aliphatic heterocycles. The van der Waals surface area contributed by atoms with Crippen molar-refractivity contribution in [1.29, 1.82) is 0 Å². The standard InChI is InChI=1S/C52H106O12/c1-3-5-7-9-11-13-15-17-19-21-23-25-27-29-53-31-33-55-35-37-57-39-41-59-43-45-61-47-49-63-51-52-64-50-48-62-46-44-60-42-40-58-38-36-56-34-32-54-30-28-26-24-22-20-18-16-14-12-10-8-6-4-2/h3-52H2,1-2H3. The van der Waals surface area contributed by atoms with E-state index in [1.54, 1.807) is 0 Å². The Kier molecular flexibility index (Phi) is 62.1. The molecule has 64 heavy (non-hydrogen) atoms. The van der Waals surface area contributed by atoms with Crippen LogP contribution in [0.2, 0.25) is 0 Å². The lowest BCUT2D eigenvalue weighted by Crippen LogP contribution is -2.15. The van der Waals surface area contributed by atoms with Gasteiger partial charge in [-0.05, 0) is 12.8 Å². The van der Waals surface area contributed by atoms with Crippen molar-refractivity contribution >= 4 is 0 Å². The summed E-state index contributed by atoms with van der Waals surface area (Å²) in [6.07, 6.45) is 35.6. The minimum absolute atomic E-state index is 0.523. The van der Waals surface area contributed by atoms with Gasteiger partial charge in [0, 0.05) is 13.2 Å². The third-order valence-corrected chi connectivity index (χ3v) is 10.9. The van der Waals surface area contributed by atoms with E-state index in [9.17, 15) is 0 Å². The molecule has 12 heteroatoms. The lowest BCUT2D eigenvalue weighted by molar-refractivity contribution is -0.0284. The number of hydrogen-bond acceptors (Lipinski definition) is 12. The summed E-state index contributed by atoms with van der Waals surface area (Å²) in [7, 11) is 0. The maximum absolute atomic E-state index is 5.69. The van der Waals surface area contributed by atoms with Gasteiger partial charge in [-0.2, -0.15) is 0 Å². The van der Waals surface area contributed by atoms with Crippen LogP contribution >= 0.6 is 0 Å². The summed E-state index contributed by atoms with van der Waals surface area (Å²) in [5, 5.41) is 0. The highest BCUT2D eigenvalue weighted by molar-refractivity contribution is 4.51. The van der Waals surface area contributed by atoms with Crippen molar-refractivity contribution < 1.29 is 56.8 Å². The molecule has 0 heterocycles. The SMILES string of the molecule is CCCCCCCCCCCCCCCOCCOCCOCCOCCOCCOCCOCCOCCOCCOCCOCCOCCCCCCCCCCCCCCC. The normalized spacial score (nSPS) is 11.7. The molecule has 0 bridgehead atoms. The van der Waals surface area contributed by atoms with E-state index in [1.165, 1.54) is 154 Å². The monoisotopic (exact) mass is 923 g/mol. The van der Waals surface area contributed by atoms with Gasteiger partial charge in [0.15, 0.2) is 0 Å². The zero-order valence-electron chi connectivity index (χ0n) is 42.3. The molecule has 0 spiro atoms. The average Bonchev–Trinajstić information content (AvgIpc) is 3.31. The lowest BCUT2D eigenvalue weighted by Gasteiger charge is -2.09. The predicted octanol–water partition coefficient (Wildman–Crippen LogP) is 11.4. The smallest absolute Gasteiger partial charge is 0.0701 e. The Balaban J connectivity index is 3.06. The van der Waals surface area contributed by atoms with Crippen molar-refractivity contribution in [3.63, 3.8) is 0 Å². The van der Waals surface area contributed by atoms with Gasteiger partial charge < -0.3 is 56.8 Å². The van der Waals surface area contributed by atoms with E-state index in [-0.39, 0.29) is 0 Å². The molecule has 0 radical (unpaired) electrons. The molecule has 0 rings (SSSR count). The minimum Gasteiger partial charge on any atom is -0.379 e.